The molecule has 19 heavy (non-hydrogen) atoms. The smallest absolute Gasteiger partial charge is 0.230 e. The van der Waals surface area contributed by atoms with Gasteiger partial charge >= 0.3 is 0 Å². The van der Waals surface area contributed by atoms with Crippen molar-refractivity contribution in [2.45, 2.75) is 13.3 Å². The maximum absolute atomic E-state index is 5.69. The number of hydrogen-bond acceptors (Lipinski definition) is 5. The summed E-state index contributed by atoms with van der Waals surface area (Å²) in [5, 5.41) is 0. The van der Waals surface area contributed by atoms with Crippen molar-refractivity contribution < 1.29 is 13.9 Å². The summed E-state index contributed by atoms with van der Waals surface area (Å²) in [5.41, 5.74) is 7.20. The van der Waals surface area contributed by atoms with Gasteiger partial charge in [0.2, 0.25) is 5.89 Å². The molecule has 5 heteroatoms. The third-order valence-corrected chi connectivity index (χ3v) is 2.91. The highest BCUT2D eigenvalue weighted by molar-refractivity contribution is 5.65. The Kier molecular flexibility index (Phi) is 4.06. The summed E-state index contributed by atoms with van der Waals surface area (Å²) in [7, 11) is 3.23. The third-order valence-electron chi connectivity index (χ3n) is 2.91. The van der Waals surface area contributed by atoms with Crippen LogP contribution in [0.3, 0.4) is 0 Å². The first-order chi connectivity index (χ1) is 9.19. The minimum atomic E-state index is 0.525. The van der Waals surface area contributed by atoms with E-state index in [-0.39, 0.29) is 0 Å². The summed E-state index contributed by atoms with van der Waals surface area (Å²) < 4.78 is 16.2. The lowest BCUT2D eigenvalue weighted by molar-refractivity contribution is 0.402. The van der Waals surface area contributed by atoms with Gasteiger partial charge < -0.3 is 19.6 Å². The van der Waals surface area contributed by atoms with Gasteiger partial charge in [-0.05, 0) is 31.7 Å². The molecule has 0 unspecified atom stereocenters. The van der Waals surface area contributed by atoms with Crippen molar-refractivity contribution in [2.24, 2.45) is 5.73 Å². The van der Waals surface area contributed by atoms with Gasteiger partial charge in [0, 0.05) is 6.42 Å². The summed E-state index contributed by atoms with van der Waals surface area (Å²) in [5.74, 6) is 2.73. The van der Waals surface area contributed by atoms with Crippen LogP contribution in [0.1, 0.15) is 11.5 Å². The average Bonchev–Trinajstić information content (AvgIpc) is 2.80. The number of aryl methyl sites for hydroxylation is 1. The third kappa shape index (κ3) is 2.71. The van der Waals surface area contributed by atoms with Gasteiger partial charge in [-0.2, -0.15) is 0 Å². The Morgan fingerprint density at radius 3 is 2.68 bits per heavy atom. The fourth-order valence-electron chi connectivity index (χ4n) is 1.89. The molecule has 0 aliphatic heterocycles. The van der Waals surface area contributed by atoms with Crippen molar-refractivity contribution in [3.05, 3.63) is 29.7 Å². The molecule has 102 valence electrons. The number of methoxy groups -OCH3 is 2. The van der Waals surface area contributed by atoms with Gasteiger partial charge in [0.1, 0.15) is 17.3 Å². The predicted octanol–water partition coefficient (Wildman–Crippen LogP) is 2.17. The molecule has 0 saturated heterocycles. The Hall–Kier alpha value is -2.01. The summed E-state index contributed by atoms with van der Waals surface area (Å²) in [6.45, 7) is 2.43. The molecule has 0 aliphatic carbocycles. The van der Waals surface area contributed by atoms with Crippen LogP contribution in [0.5, 0.6) is 11.5 Å². The second kappa shape index (κ2) is 5.75. The van der Waals surface area contributed by atoms with Crippen LogP contribution in [0.4, 0.5) is 0 Å². The van der Waals surface area contributed by atoms with Gasteiger partial charge in [-0.25, -0.2) is 4.98 Å². The van der Waals surface area contributed by atoms with E-state index in [4.69, 9.17) is 19.6 Å². The van der Waals surface area contributed by atoms with Crippen LogP contribution in [0, 0.1) is 6.92 Å². The molecule has 0 aliphatic rings. The lowest BCUT2D eigenvalue weighted by Gasteiger charge is -2.07. The molecule has 2 rings (SSSR count). The quantitative estimate of drug-likeness (QED) is 0.894. The molecule has 1 aromatic carbocycles. The van der Waals surface area contributed by atoms with E-state index in [0.717, 1.165) is 22.8 Å². The molecule has 0 atom stereocenters. The SMILES string of the molecule is COc1ccc(OC)c(-c2nc(CCN)c(C)o2)c1. The molecule has 0 spiro atoms. The number of rotatable bonds is 5. The molecule has 2 N–H and O–H groups in total. The number of nitrogens with two attached hydrogens (primary N) is 1. The zero-order valence-electron chi connectivity index (χ0n) is 11.4. The van der Waals surface area contributed by atoms with Crippen LogP contribution in [-0.2, 0) is 6.42 Å². The first kappa shape index (κ1) is 13.4. The summed E-state index contributed by atoms with van der Waals surface area (Å²) >= 11 is 0. The Balaban J connectivity index is 2.47. The van der Waals surface area contributed by atoms with E-state index in [1.165, 1.54) is 0 Å². The predicted molar refractivity (Wildman–Crippen MR) is 72.5 cm³/mol. The topological polar surface area (TPSA) is 70.5 Å². The van der Waals surface area contributed by atoms with E-state index >= 15 is 0 Å². The Bertz CT molecular complexity index is 564. The average molecular weight is 262 g/mol. The molecule has 1 heterocycles. The van der Waals surface area contributed by atoms with Gasteiger partial charge in [0.05, 0.1) is 25.5 Å². The Morgan fingerprint density at radius 2 is 2.05 bits per heavy atom. The van der Waals surface area contributed by atoms with Gasteiger partial charge in [-0.1, -0.05) is 0 Å². The van der Waals surface area contributed by atoms with E-state index in [1.54, 1.807) is 14.2 Å². The largest absolute Gasteiger partial charge is 0.497 e. The van der Waals surface area contributed by atoms with Crippen LogP contribution in [0.2, 0.25) is 0 Å². The molecule has 0 bridgehead atoms. The van der Waals surface area contributed by atoms with Crippen molar-refractivity contribution >= 4 is 0 Å². The maximum atomic E-state index is 5.69. The highest BCUT2D eigenvalue weighted by Crippen LogP contribution is 2.33. The van der Waals surface area contributed by atoms with Crippen molar-refractivity contribution in [3.63, 3.8) is 0 Å². The van der Waals surface area contributed by atoms with Crippen LogP contribution in [-0.4, -0.2) is 25.7 Å². The second-order valence-corrected chi connectivity index (χ2v) is 4.13. The number of nitrogens with zero attached hydrogens (tertiary/aromatic N) is 1. The lowest BCUT2D eigenvalue weighted by atomic mass is 10.2. The van der Waals surface area contributed by atoms with Crippen LogP contribution < -0.4 is 15.2 Å². The van der Waals surface area contributed by atoms with E-state index < -0.39 is 0 Å². The second-order valence-electron chi connectivity index (χ2n) is 4.13. The number of ether oxygens (including phenoxy) is 2. The summed E-state index contributed by atoms with van der Waals surface area (Å²) in [6.07, 6.45) is 0.696. The first-order valence-corrected chi connectivity index (χ1v) is 6.08. The lowest BCUT2D eigenvalue weighted by Crippen LogP contribution is -2.03. The minimum absolute atomic E-state index is 0.525. The van der Waals surface area contributed by atoms with Crippen molar-refractivity contribution in [2.75, 3.05) is 20.8 Å². The van der Waals surface area contributed by atoms with E-state index in [2.05, 4.69) is 4.98 Å². The fraction of sp³-hybridized carbons (Fsp3) is 0.357. The minimum Gasteiger partial charge on any atom is -0.497 e. The maximum Gasteiger partial charge on any atom is 0.230 e. The molecule has 1 aromatic heterocycles. The molecule has 2 aromatic rings. The zero-order chi connectivity index (χ0) is 13.8. The number of aromatic nitrogens is 1. The monoisotopic (exact) mass is 262 g/mol. The molecule has 5 nitrogen and oxygen atoms in total. The van der Waals surface area contributed by atoms with Crippen molar-refractivity contribution in [3.8, 4) is 23.0 Å². The van der Waals surface area contributed by atoms with Crippen LogP contribution >= 0.6 is 0 Å². The zero-order valence-corrected chi connectivity index (χ0v) is 11.4. The van der Waals surface area contributed by atoms with Gasteiger partial charge in [-0.15, -0.1) is 0 Å². The van der Waals surface area contributed by atoms with Crippen LogP contribution in [0.25, 0.3) is 11.5 Å². The molecule has 0 amide bonds. The normalized spacial score (nSPS) is 10.5. The highest BCUT2D eigenvalue weighted by atomic mass is 16.5. The number of hydrogen-bond donors (Lipinski definition) is 1. The van der Waals surface area contributed by atoms with Crippen LogP contribution in [0.15, 0.2) is 22.6 Å². The van der Waals surface area contributed by atoms with Crippen molar-refractivity contribution in [1.82, 2.24) is 4.98 Å². The first-order valence-electron chi connectivity index (χ1n) is 6.08. The molecule has 0 radical (unpaired) electrons. The number of benzene rings is 1. The summed E-state index contributed by atoms with van der Waals surface area (Å²) in [4.78, 5) is 4.47. The van der Waals surface area contributed by atoms with E-state index in [9.17, 15) is 0 Å². The van der Waals surface area contributed by atoms with E-state index in [1.807, 2.05) is 25.1 Å². The Morgan fingerprint density at radius 1 is 1.26 bits per heavy atom. The van der Waals surface area contributed by atoms with Gasteiger partial charge in [0.15, 0.2) is 0 Å². The fourth-order valence-corrected chi connectivity index (χ4v) is 1.89. The van der Waals surface area contributed by atoms with Gasteiger partial charge in [0.25, 0.3) is 0 Å². The summed E-state index contributed by atoms with van der Waals surface area (Å²) in [6, 6.07) is 5.51. The molecular weight excluding hydrogens is 244 g/mol. The standard InChI is InChI=1S/C14H18N2O3/c1-9-12(6-7-15)16-14(19-9)11-8-10(17-2)4-5-13(11)18-3/h4-5,8H,6-7,15H2,1-3H3. The highest BCUT2D eigenvalue weighted by Gasteiger charge is 2.15. The van der Waals surface area contributed by atoms with E-state index in [0.29, 0.717) is 24.6 Å². The molecular formula is C14H18N2O3. The molecule has 0 fully saturated rings. The molecule has 0 saturated carbocycles. The van der Waals surface area contributed by atoms with Crippen molar-refractivity contribution in [1.29, 1.82) is 0 Å². The Labute approximate surface area is 112 Å². The number of oxazole rings is 1. The van der Waals surface area contributed by atoms with Gasteiger partial charge in [-0.3, -0.25) is 0 Å².